The molecule has 0 unspecified atom stereocenters. The molecule has 1 saturated heterocycles. The molecule has 0 radical (unpaired) electrons. The number of ether oxygens (including phenoxy) is 1. The minimum Gasteiger partial charge on any atom is -0.497 e. The molecule has 0 saturated carbocycles. The van der Waals surface area contributed by atoms with Crippen LogP contribution in [0, 0.1) is 6.92 Å². The summed E-state index contributed by atoms with van der Waals surface area (Å²) < 4.78 is 6.95. The minimum atomic E-state index is -0.133. The van der Waals surface area contributed by atoms with Crippen LogP contribution in [-0.2, 0) is 7.05 Å². The highest BCUT2D eigenvalue weighted by Crippen LogP contribution is 2.28. The number of benzene rings is 1. The van der Waals surface area contributed by atoms with Crippen LogP contribution < -0.4 is 20.7 Å². The molecule has 2 aromatic heterocycles. The molecule has 0 aliphatic carbocycles. The van der Waals surface area contributed by atoms with Crippen LogP contribution in [0.5, 0.6) is 5.75 Å². The first-order valence-corrected chi connectivity index (χ1v) is 9.80. The molecule has 158 valence electrons. The van der Waals surface area contributed by atoms with Crippen LogP contribution in [0.4, 0.5) is 22.2 Å². The van der Waals surface area contributed by atoms with Gasteiger partial charge in [0.25, 0.3) is 0 Å². The summed E-state index contributed by atoms with van der Waals surface area (Å²) in [5, 5.41) is 8.13. The van der Waals surface area contributed by atoms with Crippen LogP contribution in [0.25, 0.3) is 11.0 Å². The van der Waals surface area contributed by atoms with E-state index in [1.54, 1.807) is 18.0 Å². The average Bonchev–Trinajstić information content (AvgIpc) is 3.09. The van der Waals surface area contributed by atoms with Gasteiger partial charge in [-0.2, -0.15) is 15.1 Å². The second kappa shape index (κ2) is 7.69. The summed E-state index contributed by atoms with van der Waals surface area (Å²) in [6, 6.07) is 5.54. The number of urea groups is 1. The predicted molar refractivity (Wildman–Crippen MR) is 116 cm³/mol. The Labute approximate surface area is 174 Å². The van der Waals surface area contributed by atoms with Crippen molar-refractivity contribution >= 4 is 34.5 Å². The molecule has 0 bridgehead atoms. The van der Waals surface area contributed by atoms with Gasteiger partial charge < -0.3 is 25.6 Å². The lowest BCUT2D eigenvalue weighted by atomic mass is 10.1. The van der Waals surface area contributed by atoms with Crippen molar-refractivity contribution in [3.05, 3.63) is 30.0 Å². The van der Waals surface area contributed by atoms with Gasteiger partial charge in [-0.15, -0.1) is 0 Å². The van der Waals surface area contributed by atoms with Crippen LogP contribution >= 0.6 is 0 Å². The van der Waals surface area contributed by atoms with E-state index in [0.29, 0.717) is 31.0 Å². The van der Waals surface area contributed by atoms with Gasteiger partial charge in [0.05, 0.1) is 18.7 Å². The SMILES string of the molecule is COc1ccc(C)c(NC(=O)N2CCN(c3nc(N)nc4c3cnn4C)[C@@H](C)C2)c1. The molecule has 3 N–H and O–H groups in total. The lowest BCUT2D eigenvalue weighted by Gasteiger charge is -2.40. The van der Waals surface area contributed by atoms with Gasteiger partial charge in [-0.25, -0.2) is 4.79 Å². The Morgan fingerprint density at radius 2 is 2.10 bits per heavy atom. The second-order valence-electron chi connectivity index (χ2n) is 7.51. The number of nitrogen functional groups attached to an aromatic ring is 1. The van der Waals surface area contributed by atoms with Gasteiger partial charge in [0.1, 0.15) is 11.6 Å². The molecule has 1 aliphatic rings. The summed E-state index contributed by atoms with van der Waals surface area (Å²) in [5.74, 6) is 1.67. The number of carbonyl (C=O) groups excluding carboxylic acids is 1. The third-order valence-electron chi connectivity index (χ3n) is 5.46. The van der Waals surface area contributed by atoms with E-state index < -0.39 is 0 Å². The van der Waals surface area contributed by atoms with Crippen molar-refractivity contribution < 1.29 is 9.53 Å². The third-order valence-corrected chi connectivity index (χ3v) is 5.46. The van der Waals surface area contributed by atoms with Crippen molar-refractivity contribution in [1.29, 1.82) is 0 Å². The summed E-state index contributed by atoms with van der Waals surface area (Å²) in [6.45, 7) is 5.77. The number of piperazine rings is 1. The fraction of sp³-hybridized carbons (Fsp3) is 0.400. The Kier molecular flexibility index (Phi) is 5.06. The summed E-state index contributed by atoms with van der Waals surface area (Å²) >= 11 is 0. The summed E-state index contributed by atoms with van der Waals surface area (Å²) in [5.41, 5.74) is 8.35. The number of rotatable bonds is 3. The van der Waals surface area contributed by atoms with E-state index in [2.05, 4.69) is 32.2 Å². The Morgan fingerprint density at radius 3 is 2.83 bits per heavy atom. The van der Waals surface area contributed by atoms with Crippen molar-refractivity contribution in [2.75, 3.05) is 42.7 Å². The molecular formula is C20H26N8O2. The lowest BCUT2D eigenvalue weighted by molar-refractivity contribution is 0.200. The molecule has 10 heteroatoms. The molecule has 10 nitrogen and oxygen atoms in total. The van der Waals surface area contributed by atoms with E-state index >= 15 is 0 Å². The largest absolute Gasteiger partial charge is 0.497 e. The van der Waals surface area contributed by atoms with E-state index in [0.717, 1.165) is 22.5 Å². The number of fused-ring (bicyclic) bond motifs is 1. The number of carbonyl (C=O) groups is 1. The van der Waals surface area contributed by atoms with Crippen LogP contribution in [0.15, 0.2) is 24.4 Å². The molecule has 3 aromatic rings. The average molecular weight is 410 g/mol. The quantitative estimate of drug-likeness (QED) is 0.679. The van der Waals surface area contributed by atoms with E-state index in [9.17, 15) is 4.79 Å². The number of amides is 2. The molecular weight excluding hydrogens is 384 g/mol. The molecule has 0 spiro atoms. The van der Waals surface area contributed by atoms with E-state index in [-0.39, 0.29) is 18.0 Å². The topological polar surface area (TPSA) is 114 Å². The number of anilines is 3. The maximum absolute atomic E-state index is 12.9. The number of aryl methyl sites for hydroxylation is 2. The highest BCUT2D eigenvalue weighted by Gasteiger charge is 2.29. The van der Waals surface area contributed by atoms with E-state index in [1.165, 1.54) is 0 Å². The van der Waals surface area contributed by atoms with Crippen molar-refractivity contribution in [2.24, 2.45) is 7.05 Å². The Hall–Kier alpha value is -3.56. The Morgan fingerprint density at radius 1 is 1.30 bits per heavy atom. The zero-order valence-corrected chi connectivity index (χ0v) is 17.6. The van der Waals surface area contributed by atoms with Gasteiger partial charge in [0.15, 0.2) is 5.65 Å². The smallest absolute Gasteiger partial charge is 0.321 e. The fourth-order valence-electron chi connectivity index (χ4n) is 3.76. The van der Waals surface area contributed by atoms with Crippen LogP contribution in [0.3, 0.4) is 0 Å². The molecule has 1 aliphatic heterocycles. The first-order valence-electron chi connectivity index (χ1n) is 9.80. The standard InChI is InChI=1S/C20H26N8O2/c1-12-5-6-14(30-4)9-16(12)23-20(29)27-7-8-28(13(2)11-27)18-15-10-22-26(3)17(15)24-19(21)25-18/h5-6,9-10,13H,7-8,11H2,1-4H3,(H,23,29)(H2,21,24,25)/t13-/m0/s1. The van der Waals surface area contributed by atoms with Gasteiger partial charge in [0.2, 0.25) is 5.95 Å². The van der Waals surface area contributed by atoms with Crippen LogP contribution in [0.2, 0.25) is 0 Å². The van der Waals surface area contributed by atoms with Crippen molar-refractivity contribution in [3.63, 3.8) is 0 Å². The molecule has 1 aromatic carbocycles. The molecule has 1 atom stereocenters. The van der Waals surface area contributed by atoms with Crippen LogP contribution in [-0.4, -0.2) is 63.5 Å². The van der Waals surface area contributed by atoms with Gasteiger partial charge in [-0.3, -0.25) is 4.68 Å². The predicted octanol–water partition coefficient (Wildman–Crippen LogP) is 2.01. The number of hydrogen-bond acceptors (Lipinski definition) is 7. The third kappa shape index (κ3) is 3.56. The maximum Gasteiger partial charge on any atom is 0.321 e. The summed E-state index contributed by atoms with van der Waals surface area (Å²) in [4.78, 5) is 25.6. The second-order valence-corrected chi connectivity index (χ2v) is 7.51. The number of hydrogen-bond donors (Lipinski definition) is 2. The van der Waals surface area contributed by atoms with Crippen molar-refractivity contribution in [3.8, 4) is 5.75 Å². The fourth-order valence-corrected chi connectivity index (χ4v) is 3.76. The maximum atomic E-state index is 12.9. The number of nitrogens with two attached hydrogens (primary N) is 1. The van der Waals surface area contributed by atoms with Gasteiger partial charge in [-0.05, 0) is 25.5 Å². The zero-order chi connectivity index (χ0) is 21.4. The van der Waals surface area contributed by atoms with Crippen molar-refractivity contribution in [1.82, 2.24) is 24.6 Å². The Balaban J connectivity index is 1.50. The van der Waals surface area contributed by atoms with Gasteiger partial charge >= 0.3 is 6.03 Å². The summed E-state index contributed by atoms with van der Waals surface area (Å²) in [7, 11) is 3.43. The first-order chi connectivity index (χ1) is 14.4. The summed E-state index contributed by atoms with van der Waals surface area (Å²) in [6.07, 6.45) is 1.75. The van der Waals surface area contributed by atoms with Gasteiger partial charge in [0, 0.05) is 44.5 Å². The van der Waals surface area contributed by atoms with Crippen molar-refractivity contribution in [2.45, 2.75) is 19.9 Å². The highest BCUT2D eigenvalue weighted by molar-refractivity contribution is 5.91. The molecule has 30 heavy (non-hydrogen) atoms. The number of nitrogens with one attached hydrogen (secondary N) is 1. The van der Waals surface area contributed by atoms with Gasteiger partial charge in [-0.1, -0.05) is 6.07 Å². The first kappa shape index (κ1) is 19.7. The number of nitrogens with zero attached hydrogens (tertiary/aromatic N) is 6. The molecule has 3 heterocycles. The van der Waals surface area contributed by atoms with Crippen LogP contribution in [0.1, 0.15) is 12.5 Å². The zero-order valence-electron chi connectivity index (χ0n) is 17.6. The monoisotopic (exact) mass is 410 g/mol. The number of aromatic nitrogens is 4. The highest BCUT2D eigenvalue weighted by atomic mass is 16.5. The molecule has 2 amide bonds. The number of methoxy groups -OCH3 is 1. The lowest BCUT2D eigenvalue weighted by Crippen LogP contribution is -2.55. The van der Waals surface area contributed by atoms with E-state index in [1.807, 2.05) is 37.1 Å². The van der Waals surface area contributed by atoms with E-state index in [4.69, 9.17) is 10.5 Å². The Bertz CT molecular complexity index is 1100. The molecule has 4 rings (SSSR count). The minimum absolute atomic E-state index is 0.0496. The normalized spacial score (nSPS) is 16.7. The molecule has 1 fully saturated rings.